The minimum Gasteiger partial charge on any atom is -0.301 e. The number of nitriles is 1. The molecule has 1 saturated heterocycles. The summed E-state index contributed by atoms with van der Waals surface area (Å²) in [4.78, 5) is 4.98. The van der Waals surface area contributed by atoms with Crippen molar-refractivity contribution in [2.45, 2.75) is 25.8 Å². The van der Waals surface area contributed by atoms with Gasteiger partial charge in [0.15, 0.2) is 0 Å². The highest BCUT2D eigenvalue weighted by atomic mass is 15.3. The molecule has 1 atom stereocenters. The summed E-state index contributed by atoms with van der Waals surface area (Å²) >= 11 is 0. The van der Waals surface area contributed by atoms with Gasteiger partial charge in [-0.05, 0) is 18.5 Å². The van der Waals surface area contributed by atoms with E-state index in [4.69, 9.17) is 5.26 Å². The number of hydrogen-bond acceptors (Lipinski definition) is 3. The lowest BCUT2D eigenvalue weighted by atomic mass is 10.0. The van der Waals surface area contributed by atoms with E-state index >= 15 is 0 Å². The SMILES string of the molecule is CCCN1CCN(C(CC#N)c2ccccc2)CC1. The first kappa shape index (κ1) is 14.0. The minimum atomic E-state index is 0.259. The van der Waals surface area contributed by atoms with E-state index in [-0.39, 0.29) is 6.04 Å². The van der Waals surface area contributed by atoms with Crippen LogP contribution in [0, 0.1) is 11.3 Å². The van der Waals surface area contributed by atoms with Gasteiger partial charge in [0.25, 0.3) is 0 Å². The van der Waals surface area contributed by atoms with Crippen LogP contribution in [0.25, 0.3) is 0 Å². The zero-order chi connectivity index (χ0) is 13.5. The molecule has 0 bridgehead atoms. The maximum absolute atomic E-state index is 9.08. The van der Waals surface area contributed by atoms with Gasteiger partial charge in [0.1, 0.15) is 0 Å². The van der Waals surface area contributed by atoms with Gasteiger partial charge in [0, 0.05) is 32.2 Å². The lowest BCUT2D eigenvalue weighted by Gasteiger charge is -2.38. The van der Waals surface area contributed by atoms with Crippen LogP contribution in [0.3, 0.4) is 0 Å². The van der Waals surface area contributed by atoms with Gasteiger partial charge in [-0.1, -0.05) is 37.3 Å². The first-order valence-electron chi connectivity index (χ1n) is 7.23. The molecule has 0 aliphatic carbocycles. The molecule has 1 aromatic rings. The molecule has 0 radical (unpaired) electrons. The van der Waals surface area contributed by atoms with Crippen LogP contribution in [-0.4, -0.2) is 42.5 Å². The Morgan fingerprint density at radius 2 is 1.84 bits per heavy atom. The molecule has 3 heteroatoms. The Bertz CT molecular complexity index is 402. The highest BCUT2D eigenvalue weighted by Gasteiger charge is 2.24. The molecular formula is C16H23N3. The van der Waals surface area contributed by atoms with E-state index in [1.807, 2.05) is 6.07 Å². The van der Waals surface area contributed by atoms with E-state index in [0.717, 1.165) is 26.2 Å². The van der Waals surface area contributed by atoms with Crippen LogP contribution in [0.4, 0.5) is 0 Å². The predicted molar refractivity (Wildman–Crippen MR) is 77.7 cm³/mol. The number of nitrogens with zero attached hydrogens (tertiary/aromatic N) is 3. The third-order valence-corrected chi connectivity index (χ3v) is 3.86. The second-order valence-electron chi connectivity index (χ2n) is 5.17. The third kappa shape index (κ3) is 3.79. The third-order valence-electron chi connectivity index (χ3n) is 3.86. The normalized spacial score (nSPS) is 18.9. The fraction of sp³-hybridized carbons (Fsp3) is 0.562. The van der Waals surface area contributed by atoms with Crippen LogP contribution in [0.5, 0.6) is 0 Å². The number of benzene rings is 1. The van der Waals surface area contributed by atoms with Gasteiger partial charge in [0.05, 0.1) is 12.5 Å². The summed E-state index contributed by atoms with van der Waals surface area (Å²) in [6, 6.07) is 13.0. The molecule has 1 aromatic carbocycles. The summed E-state index contributed by atoms with van der Waals surface area (Å²) in [6.45, 7) is 7.82. The Balaban J connectivity index is 2.00. The standard InChI is InChI=1S/C16H23N3/c1-2-10-18-11-13-19(14-12-18)16(8-9-17)15-6-4-3-5-7-15/h3-7,16H,2,8,10-14H2,1H3. The largest absolute Gasteiger partial charge is 0.301 e. The second kappa shape index (κ2) is 7.28. The summed E-state index contributed by atoms with van der Waals surface area (Å²) in [5, 5.41) is 9.08. The van der Waals surface area contributed by atoms with Crippen molar-refractivity contribution in [1.29, 1.82) is 5.26 Å². The summed E-state index contributed by atoms with van der Waals surface area (Å²) in [5.74, 6) is 0. The summed E-state index contributed by atoms with van der Waals surface area (Å²) in [6.07, 6.45) is 1.80. The Morgan fingerprint density at radius 1 is 1.16 bits per heavy atom. The van der Waals surface area contributed by atoms with Gasteiger partial charge in [-0.25, -0.2) is 0 Å². The van der Waals surface area contributed by atoms with Crippen LogP contribution in [-0.2, 0) is 0 Å². The van der Waals surface area contributed by atoms with E-state index in [9.17, 15) is 0 Å². The fourth-order valence-corrected chi connectivity index (χ4v) is 2.83. The van der Waals surface area contributed by atoms with Crippen molar-refractivity contribution < 1.29 is 0 Å². The lowest BCUT2D eigenvalue weighted by molar-refractivity contribution is 0.0971. The molecule has 2 rings (SSSR count). The molecule has 0 amide bonds. The number of rotatable bonds is 5. The van der Waals surface area contributed by atoms with E-state index < -0.39 is 0 Å². The molecule has 19 heavy (non-hydrogen) atoms. The molecular weight excluding hydrogens is 234 g/mol. The van der Waals surface area contributed by atoms with Crippen LogP contribution in [0.2, 0.25) is 0 Å². The summed E-state index contributed by atoms with van der Waals surface area (Å²) in [5.41, 5.74) is 1.27. The van der Waals surface area contributed by atoms with E-state index in [1.54, 1.807) is 0 Å². The Kier molecular flexibility index (Phi) is 5.38. The fourth-order valence-electron chi connectivity index (χ4n) is 2.83. The van der Waals surface area contributed by atoms with Crippen LogP contribution < -0.4 is 0 Å². The second-order valence-corrected chi connectivity index (χ2v) is 5.17. The monoisotopic (exact) mass is 257 g/mol. The average Bonchev–Trinajstić information content (AvgIpc) is 2.47. The number of hydrogen-bond donors (Lipinski definition) is 0. The van der Waals surface area contributed by atoms with Gasteiger partial charge >= 0.3 is 0 Å². The average molecular weight is 257 g/mol. The van der Waals surface area contributed by atoms with E-state index in [1.165, 1.54) is 18.5 Å². The van der Waals surface area contributed by atoms with Crippen LogP contribution >= 0.6 is 0 Å². The quantitative estimate of drug-likeness (QED) is 0.812. The van der Waals surface area contributed by atoms with Gasteiger partial charge in [-0.15, -0.1) is 0 Å². The molecule has 0 saturated carbocycles. The maximum atomic E-state index is 9.08. The van der Waals surface area contributed by atoms with Gasteiger partial charge < -0.3 is 4.90 Å². The molecule has 1 fully saturated rings. The Morgan fingerprint density at radius 3 is 2.42 bits per heavy atom. The Hall–Kier alpha value is -1.37. The van der Waals surface area contributed by atoms with Crippen molar-refractivity contribution in [3.63, 3.8) is 0 Å². The van der Waals surface area contributed by atoms with Gasteiger partial charge in [-0.3, -0.25) is 4.90 Å². The van der Waals surface area contributed by atoms with Crippen molar-refractivity contribution in [3.05, 3.63) is 35.9 Å². The highest BCUT2D eigenvalue weighted by molar-refractivity contribution is 5.20. The molecule has 1 unspecified atom stereocenters. The molecule has 0 N–H and O–H groups in total. The van der Waals surface area contributed by atoms with E-state index in [0.29, 0.717) is 6.42 Å². The number of piperazine rings is 1. The molecule has 0 aromatic heterocycles. The molecule has 1 aliphatic rings. The van der Waals surface area contributed by atoms with Crippen LogP contribution in [0.1, 0.15) is 31.4 Å². The van der Waals surface area contributed by atoms with Crippen molar-refractivity contribution in [3.8, 4) is 6.07 Å². The zero-order valence-electron chi connectivity index (χ0n) is 11.8. The lowest BCUT2D eigenvalue weighted by Crippen LogP contribution is -2.47. The highest BCUT2D eigenvalue weighted by Crippen LogP contribution is 2.25. The van der Waals surface area contributed by atoms with Crippen LogP contribution in [0.15, 0.2) is 30.3 Å². The summed E-state index contributed by atoms with van der Waals surface area (Å²) in [7, 11) is 0. The first-order valence-corrected chi connectivity index (χ1v) is 7.23. The van der Waals surface area contributed by atoms with Crippen molar-refractivity contribution in [2.75, 3.05) is 32.7 Å². The van der Waals surface area contributed by atoms with Crippen molar-refractivity contribution in [1.82, 2.24) is 9.80 Å². The Labute approximate surface area is 116 Å². The molecule has 3 nitrogen and oxygen atoms in total. The zero-order valence-corrected chi connectivity index (χ0v) is 11.8. The topological polar surface area (TPSA) is 30.3 Å². The first-order chi connectivity index (χ1) is 9.35. The van der Waals surface area contributed by atoms with Crippen molar-refractivity contribution in [2.24, 2.45) is 0 Å². The molecule has 1 aliphatic heterocycles. The van der Waals surface area contributed by atoms with Gasteiger partial charge in [-0.2, -0.15) is 5.26 Å². The molecule has 0 spiro atoms. The van der Waals surface area contributed by atoms with Crippen molar-refractivity contribution >= 4 is 0 Å². The summed E-state index contributed by atoms with van der Waals surface area (Å²) < 4.78 is 0. The van der Waals surface area contributed by atoms with E-state index in [2.05, 4.69) is 47.1 Å². The smallest absolute Gasteiger partial charge is 0.0641 e. The maximum Gasteiger partial charge on any atom is 0.0641 e. The molecule has 102 valence electrons. The minimum absolute atomic E-state index is 0.259. The predicted octanol–water partition coefficient (Wildman–Crippen LogP) is 2.67. The van der Waals surface area contributed by atoms with Gasteiger partial charge in [0.2, 0.25) is 0 Å². The molecule has 1 heterocycles.